The van der Waals surface area contributed by atoms with Gasteiger partial charge in [0.1, 0.15) is 0 Å². The summed E-state index contributed by atoms with van der Waals surface area (Å²) in [6.45, 7) is 3.66. The van der Waals surface area contributed by atoms with E-state index in [1.165, 1.54) is 6.08 Å². The van der Waals surface area contributed by atoms with Gasteiger partial charge in [0.05, 0.1) is 11.3 Å². The third-order valence-corrected chi connectivity index (χ3v) is 2.30. The van der Waals surface area contributed by atoms with Crippen molar-refractivity contribution in [3.63, 3.8) is 0 Å². The molecule has 4 nitrogen and oxygen atoms in total. The molecule has 0 aromatic heterocycles. The van der Waals surface area contributed by atoms with Crippen molar-refractivity contribution in [3.05, 3.63) is 41.5 Å². The number of aromatic carboxylic acids is 1. The molecule has 0 radical (unpaired) electrons. The van der Waals surface area contributed by atoms with Crippen LogP contribution in [-0.4, -0.2) is 17.0 Å². The summed E-state index contributed by atoms with van der Waals surface area (Å²) in [5, 5.41) is 11.6. The summed E-state index contributed by atoms with van der Waals surface area (Å²) in [7, 11) is 0. The van der Waals surface area contributed by atoms with Gasteiger partial charge in [-0.15, -0.1) is 0 Å². The molecule has 0 aliphatic carbocycles. The van der Waals surface area contributed by atoms with Crippen molar-refractivity contribution in [2.75, 3.05) is 5.32 Å². The zero-order chi connectivity index (χ0) is 12.8. The van der Waals surface area contributed by atoms with Gasteiger partial charge in [0.2, 0.25) is 5.91 Å². The molecule has 0 atom stereocenters. The maximum Gasteiger partial charge on any atom is 0.337 e. The van der Waals surface area contributed by atoms with Crippen LogP contribution in [0.2, 0.25) is 0 Å². The fourth-order valence-electron chi connectivity index (χ4n) is 1.42. The first-order valence-electron chi connectivity index (χ1n) is 5.38. The molecule has 2 N–H and O–H groups in total. The second-order valence-electron chi connectivity index (χ2n) is 3.53. The minimum absolute atomic E-state index is 0.113. The fourth-order valence-corrected chi connectivity index (χ4v) is 1.42. The van der Waals surface area contributed by atoms with Crippen molar-refractivity contribution < 1.29 is 14.7 Å². The van der Waals surface area contributed by atoms with Crippen LogP contribution in [0.5, 0.6) is 0 Å². The van der Waals surface area contributed by atoms with E-state index in [2.05, 4.69) is 5.32 Å². The second kappa shape index (κ2) is 5.84. The first-order chi connectivity index (χ1) is 8.08. The van der Waals surface area contributed by atoms with Crippen LogP contribution in [0.4, 0.5) is 5.69 Å². The highest BCUT2D eigenvalue weighted by atomic mass is 16.4. The molecule has 0 heterocycles. The zero-order valence-corrected chi connectivity index (χ0v) is 9.86. The molecule has 0 unspecified atom stereocenters. The summed E-state index contributed by atoms with van der Waals surface area (Å²) in [6.07, 6.45) is 3.69. The van der Waals surface area contributed by atoms with Crippen molar-refractivity contribution in [1.29, 1.82) is 0 Å². The molecule has 4 heteroatoms. The molecule has 0 saturated heterocycles. The number of benzene rings is 1. The van der Waals surface area contributed by atoms with E-state index in [1.807, 2.05) is 6.92 Å². The molecule has 0 spiro atoms. The average molecular weight is 233 g/mol. The van der Waals surface area contributed by atoms with Gasteiger partial charge in [-0.1, -0.05) is 19.1 Å². The number of amides is 1. The standard InChI is InChI=1S/C13H15NO3/c1-3-5-12(15)14-11-7-6-9(4-2)8-10(11)13(16)17/h3,5-8H,4H2,1-2H3,(H,14,15)(H,16,17)/b5-3+. The van der Waals surface area contributed by atoms with Gasteiger partial charge in [0.25, 0.3) is 0 Å². The van der Waals surface area contributed by atoms with Gasteiger partial charge in [0.15, 0.2) is 0 Å². The Labute approximate surface area is 100.0 Å². The lowest BCUT2D eigenvalue weighted by Crippen LogP contribution is -2.12. The Morgan fingerprint density at radius 1 is 1.41 bits per heavy atom. The van der Waals surface area contributed by atoms with E-state index in [1.54, 1.807) is 31.2 Å². The van der Waals surface area contributed by atoms with Crippen molar-refractivity contribution in [2.24, 2.45) is 0 Å². The zero-order valence-electron chi connectivity index (χ0n) is 9.86. The average Bonchev–Trinajstić information content (AvgIpc) is 2.29. The number of hydrogen-bond acceptors (Lipinski definition) is 2. The van der Waals surface area contributed by atoms with Crippen LogP contribution < -0.4 is 5.32 Å². The molecular weight excluding hydrogens is 218 g/mol. The predicted octanol–water partition coefficient (Wildman–Crippen LogP) is 2.46. The summed E-state index contributed by atoms with van der Waals surface area (Å²) in [5.41, 5.74) is 1.35. The Hall–Kier alpha value is -2.10. The third-order valence-electron chi connectivity index (χ3n) is 2.30. The lowest BCUT2D eigenvalue weighted by atomic mass is 10.1. The van der Waals surface area contributed by atoms with Crippen LogP contribution in [0, 0.1) is 0 Å². The molecular formula is C13H15NO3. The highest BCUT2D eigenvalue weighted by Gasteiger charge is 2.11. The van der Waals surface area contributed by atoms with Crippen molar-refractivity contribution in [3.8, 4) is 0 Å². The van der Waals surface area contributed by atoms with E-state index in [0.29, 0.717) is 5.69 Å². The molecule has 0 fully saturated rings. The second-order valence-corrected chi connectivity index (χ2v) is 3.53. The summed E-state index contributed by atoms with van der Waals surface area (Å²) in [6, 6.07) is 5.00. The number of carbonyl (C=O) groups is 2. The number of anilines is 1. The number of hydrogen-bond donors (Lipinski definition) is 2. The van der Waals surface area contributed by atoms with Gasteiger partial charge in [-0.05, 0) is 37.1 Å². The predicted molar refractivity (Wildman–Crippen MR) is 66.2 cm³/mol. The topological polar surface area (TPSA) is 66.4 Å². The minimum Gasteiger partial charge on any atom is -0.478 e. The van der Waals surface area contributed by atoms with E-state index < -0.39 is 5.97 Å². The smallest absolute Gasteiger partial charge is 0.337 e. The quantitative estimate of drug-likeness (QED) is 0.785. The van der Waals surface area contributed by atoms with Crippen LogP contribution in [0.25, 0.3) is 0 Å². The molecule has 1 aromatic carbocycles. The maximum atomic E-state index is 11.4. The third kappa shape index (κ3) is 3.45. The van der Waals surface area contributed by atoms with Gasteiger partial charge >= 0.3 is 5.97 Å². The first kappa shape index (κ1) is 13.0. The lowest BCUT2D eigenvalue weighted by Gasteiger charge is -2.08. The van der Waals surface area contributed by atoms with Gasteiger partial charge < -0.3 is 10.4 Å². The number of aryl methyl sites for hydroxylation is 1. The lowest BCUT2D eigenvalue weighted by molar-refractivity contribution is -0.111. The van der Waals surface area contributed by atoms with E-state index in [-0.39, 0.29) is 11.5 Å². The summed E-state index contributed by atoms with van der Waals surface area (Å²) in [4.78, 5) is 22.4. The van der Waals surface area contributed by atoms with Gasteiger partial charge in [-0.3, -0.25) is 4.79 Å². The van der Waals surface area contributed by atoms with Gasteiger partial charge in [-0.25, -0.2) is 4.79 Å². The van der Waals surface area contributed by atoms with E-state index in [4.69, 9.17) is 5.11 Å². The van der Waals surface area contributed by atoms with Crippen molar-refractivity contribution in [2.45, 2.75) is 20.3 Å². The Kier molecular flexibility index (Phi) is 4.46. The summed E-state index contributed by atoms with van der Waals surface area (Å²) in [5.74, 6) is -1.38. The van der Waals surface area contributed by atoms with Gasteiger partial charge in [0, 0.05) is 0 Å². The minimum atomic E-state index is -1.05. The summed E-state index contributed by atoms with van der Waals surface area (Å²) >= 11 is 0. The number of nitrogens with one attached hydrogen (secondary N) is 1. The number of rotatable bonds is 4. The van der Waals surface area contributed by atoms with Crippen molar-refractivity contribution >= 4 is 17.6 Å². The molecule has 0 aliphatic heterocycles. The van der Waals surface area contributed by atoms with Crippen LogP contribution in [-0.2, 0) is 11.2 Å². The molecule has 1 rings (SSSR count). The van der Waals surface area contributed by atoms with E-state index >= 15 is 0 Å². The van der Waals surface area contributed by atoms with Gasteiger partial charge in [-0.2, -0.15) is 0 Å². The molecule has 17 heavy (non-hydrogen) atoms. The monoisotopic (exact) mass is 233 g/mol. The van der Waals surface area contributed by atoms with Crippen LogP contribution in [0.1, 0.15) is 29.8 Å². The number of carboxylic acid groups (broad SMARTS) is 1. The van der Waals surface area contributed by atoms with Crippen LogP contribution >= 0.6 is 0 Å². The molecule has 0 saturated carbocycles. The van der Waals surface area contributed by atoms with Crippen molar-refractivity contribution in [1.82, 2.24) is 0 Å². The maximum absolute atomic E-state index is 11.4. The molecule has 1 amide bonds. The Bertz CT molecular complexity index is 464. The number of carboxylic acids is 1. The molecule has 1 aromatic rings. The molecule has 0 aliphatic rings. The first-order valence-corrected chi connectivity index (χ1v) is 5.38. The molecule has 90 valence electrons. The normalized spacial score (nSPS) is 10.5. The van der Waals surface area contributed by atoms with Crippen LogP contribution in [0.3, 0.4) is 0 Å². The fraction of sp³-hybridized carbons (Fsp3) is 0.231. The number of allylic oxidation sites excluding steroid dienone is 1. The Morgan fingerprint density at radius 3 is 2.65 bits per heavy atom. The Balaban J connectivity index is 3.06. The largest absolute Gasteiger partial charge is 0.478 e. The highest BCUT2D eigenvalue weighted by Crippen LogP contribution is 2.18. The van der Waals surface area contributed by atoms with E-state index in [9.17, 15) is 9.59 Å². The molecule has 0 bridgehead atoms. The Morgan fingerprint density at radius 2 is 2.12 bits per heavy atom. The van der Waals surface area contributed by atoms with E-state index in [0.717, 1.165) is 12.0 Å². The summed E-state index contributed by atoms with van der Waals surface area (Å²) < 4.78 is 0. The van der Waals surface area contributed by atoms with Crippen LogP contribution in [0.15, 0.2) is 30.4 Å². The SMILES string of the molecule is C/C=C/C(=O)Nc1ccc(CC)cc1C(=O)O. The number of carbonyl (C=O) groups excluding carboxylic acids is 1. The highest BCUT2D eigenvalue weighted by molar-refractivity contribution is 6.04.